The fourth-order valence-electron chi connectivity index (χ4n) is 1.88. The fourth-order valence-corrected chi connectivity index (χ4v) is 3.70. The highest BCUT2D eigenvalue weighted by atomic mass is 32.2. The normalized spacial score (nSPS) is 13.9. The van der Waals surface area contributed by atoms with Crippen LogP contribution in [-0.4, -0.2) is 40.6 Å². The highest BCUT2D eigenvalue weighted by molar-refractivity contribution is 8.01. The first kappa shape index (κ1) is 18.4. The zero-order valence-electron chi connectivity index (χ0n) is 13.3. The van der Waals surface area contributed by atoms with Gasteiger partial charge in [0.05, 0.1) is 6.61 Å². The maximum Gasteiger partial charge on any atom is 0.326 e. The summed E-state index contributed by atoms with van der Waals surface area (Å²) in [5, 5.41) is 12.4. The second kappa shape index (κ2) is 9.38. The van der Waals surface area contributed by atoms with E-state index in [2.05, 4.69) is 22.4 Å². The van der Waals surface area contributed by atoms with Crippen molar-refractivity contribution in [2.24, 2.45) is 0 Å². The van der Waals surface area contributed by atoms with Gasteiger partial charge in [0.15, 0.2) is 4.34 Å². The molecule has 1 aromatic rings. The first-order valence-electron chi connectivity index (χ1n) is 7.37. The van der Waals surface area contributed by atoms with E-state index in [1.54, 1.807) is 23.1 Å². The summed E-state index contributed by atoms with van der Waals surface area (Å²) >= 11 is 3.30. The van der Waals surface area contributed by atoms with E-state index in [-0.39, 0.29) is 5.97 Å². The van der Waals surface area contributed by atoms with Gasteiger partial charge in [0.25, 0.3) is 0 Å². The fraction of sp³-hybridized carbons (Fsp3) is 0.786. The number of thioether (sulfide) groups is 1. The molecule has 0 bridgehead atoms. The Morgan fingerprint density at radius 3 is 2.76 bits per heavy atom. The quantitative estimate of drug-likeness (QED) is 0.404. The molecule has 5 nitrogen and oxygen atoms in total. The Labute approximate surface area is 135 Å². The van der Waals surface area contributed by atoms with Gasteiger partial charge in [0.2, 0.25) is 0 Å². The van der Waals surface area contributed by atoms with E-state index in [0.717, 1.165) is 40.9 Å². The first-order chi connectivity index (χ1) is 10.0. The molecule has 21 heavy (non-hydrogen) atoms. The van der Waals surface area contributed by atoms with Crippen molar-refractivity contribution in [3.8, 4) is 0 Å². The molecule has 0 aliphatic carbocycles. The van der Waals surface area contributed by atoms with Crippen molar-refractivity contribution in [2.75, 3.05) is 18.9 Å². The second-order valence-electron chi connectivity index (χ2n) is 5.02. The highest BCUT2D eigenvalue weighted by Gasteiger charge is 2.33. The van der Waals surface area contributed by atoms with Crippen LogP contribution in [0, 0.1) is 6.92 Å². The number of carbonyl (C=O) groups is 1. The molecule has 1 N–H and O–H groups in total. The lowest BCUT2D eigenvalue weighted by atomic mass is 9.96. The van der Waals surface area contributed by atoms with E-state index in [1.807, 2.05) is 20.8 Å². The third kappa shape index (κ3) is 6.32. The van der Waals surface area contributed by atoms with Gasteiger partial charge < -0.3 is 10.1 Å². The largest absolute Gasteiger partial charge is 0.465 e. The van der Waals surface area contributed by atoms with Gasteiger partial charge in [-0.2, -0.15) is 0 Å². The van der Waals surface area contributed by atoms with Crippen molar-refractivity contribution in [3.05, 3.63) is 5.01 Å². The minimum absolute atomic E-state index is 0.157. The van der Waals surface area contributed by atoms with Gasteiger partial charge in [-0.05, 0) is 46.6 Å². The van der Waals surface area contributed by atoms with Crippen molar-refractivity contribution >= 4 is 29.1 Å². The Kier molecular flexibility index (Phi) is 8.21. The molecule has 1 aromatic heterocycles. The first-order valence-corrected chi connectivity index (χ1v) is 9.17. The zero-order chi connectivity index (χ0) is 15.7. The van der Waals surface area contributed by atoms with E-state index < -0.39 is 5.54 Å². The topological polar surface area (TPSA) is 64.1 Å². The molecule has 0 saturated heterocycles. The van der Waals surface area contributed by atoms with E-state index in [9.17, 15) is 4.79 Å². The molecule has 0 amide bonds. The summed E-state index contributed by atoms with van der Waals surface area (Å²) in [7, 11) is 0. The van der Waals surface area contributed by atoms with E-state index in [4.69, 9.17) is 4.74 Å². The van der Waals surface area contributed by atoms with Crippen molar-refractivity contribution in [1.82, 2.24) is 15.5 Å². The van der Waals surface area contributed by atoms with Crippen LogP contribution in [0.25, 0.3) is 0 Å². The molecule has 0 aliphatic heterocycles. The Bertz CT molecular complexity index is 440. The number of aryl methyl sites for hydroxylation is 1. The van der Waals surface area contributed by atoms with Crippen molar-refractivity contribution in [1.29, 1.82) is 0 Å². The molecule has 1 atom stereocenters. The summed E-state index contributed by atoms with van der Waals surface area (Å²) in [6.45, 7) is 9.05. The lowest BCUT2D eigenvalue weighted by molar-refractivity contribution is -0.150. The molecule has 0 aromatic carbocycles. The average molecular weight is 332 g/mol. The number of carbonyl (C=O) groups excluding carboxylic acids is 1. The molecule has 0 aliphatic rings. The summed E-state index contributed by atoms with van der Waals surface area (Å²) in [6.07, 6.45) is 2.68. The van der Waals surface area contributed by atoms with Gasteiger partial charge in [-0.1, -0.05) is 30.0 Å². The third-order valence-corrected chi connectivity index (χ3v) is 5.10. The molecular weight excluding hydrogens is 306 g/mol. The van der Waals surface area contributed by atoms with E-state index >= 15 is 0 Å². The molecule has 0 saturated carbocycles. The van der Waals surface area contributed by atoms with Crippen molar-refractivity contribution in [3.63, 3.8) is 0 Å². The number of nitrogens with one attached hydrogen (secondary N) is 1. The predicted molar refractivity (Wildman–Crippen MR) is 87.9 cm³/mol. The van der Waals surface area contributed by atoms with Crippen LogP contribution in [0.3, 0.4) is 0 Å². The smallest absolute Gasteiger partial charge is 0.326 e. The summed E-state index contributed by atoms with van der Waals surface area (Å²) in [5.74, 6) is 0.771. The SMILES string of the molecule is CCCNC(C)(CCCSc1nnc(C)s1)C(=O)OCC. The van der Waals surface area contributed by atoms with Crippen LogP contribution < -0.4 is 5.32 Å². The number of ether oxygens (including phenoxy) is 1. The van der Waals surface area contributed by atoms with Gasteiger partial charge >= 0.3 is 5.97 Å². The van der Waals surface area contributed by atoms with Crippen LogP contribution in [0.5, 0.6) is 0 Å². The van der Waals surface area contributed by atoms with Crippen LogP contribution >= 0.6 is 23.1 Å². The Morgan fingerprint density at radius 2 is 2.19 bits per heavy atom. The standard InChI is InChI=1S/C14H25N3O2S2/c1-5-9-15-14(4,12(18)19-6-2)8-7-10-20-13-17-16-11(3)21-13/h15H,5-10H2,1-4H3. The summed E-state index contributed by atoms with van der Waals surface area (Å²) in [4.78, 5) is 12.1. The Balaban J connectivity index is 2.43. The number of nitrogens with zero attached hydrogens (tertiary/aromatic N) is 2. The second-order valence-corrected chi connectivity index (χ2v) is 7.54. The van der Waals surface area contributed by atoms with Crippen molar-refractivity contribution in [2.45, 2.75) is 56.8 Å². The van der Waals surface area contributed by atoms with Gasteiger partial charge in [-0.25, -0.2) is 0 Å². The maximum atomic E-state index is 12.1. The molecule has 0 fully saturated rings. The van der Waals surface area contributed by atoms with Crippen LogP contribution in [0.15, 0.2) is 4.34 Å². The molecule has 1 heterocycles. The Morgan fingerprint density at radius 1 is 1.43 bits per heavy atom. The van der Waals surface area contributed by atoms with Crippen LogP contribution in [0.4, 0.5) is 0 Å². The third-order valence-electron chi connectivity index (χ3n) is 3.05. The zero-order valence-corrected chi connectivity index (χ0v) is 14.9. The minimum Gasteiger partial charge on any atom is -0.465 e. The summed E-state index contributed by atoms with van der Waals surface area (Å²) < 4.78 is 6.19. The summed E-state index contributed by atoms with van der Waals surface area (Å²) in [5.41, 5.74) is -0.594. The molecular formula is C14H25N3O2S2. The summed E-state index contributed by atoms with van der Waals surface area (Å²) in [6, 6.07) is 0. The number of hydrogen-bond donors (Lipinski definition) is 1. The lowest BCUT2D eigenvalue weighted by Crippen LogP contribution is -2.50. The highest BCUT2D eigenvalue weighted by Crippen LogP contribution is 2.24. The van der Waals surface area contributed by atoms with E-state index in [0.29, 0.717) is 6.61 Å². The molecule has 7 heteroatoms. The molecule has 1 unspecified atom stereocenters. The average Bonchev–Trinajstić information content (AvgIpc) is 2.87. The molecule has 120 valence electrons. The monoisotopic (exact) mass is 331 g/mol. The van der Waals surface area contributed by atoms with Crippen molar-refractivity contribution < 1.29 is 9.53 Å². The number of rotatable bonds is 10. The Hall–Kier alpha value is -0.660. The van der Waals surface area contributed by atoms with Gasteiger partial charge in [0.1, 0.15) is 10.5 Å². The number of hydrogen-bond acceptors (Lipinski definition) is 7. The lowest BCUT2D eigenvalue weighted by Gasteiger charge is -2.28. The predicted octanol–water partition coefficient (Wildman–Crippen LogP) is 3.04. The molecule has 1 rings (SSSR count). The number of esters is 1. The number of aromatic nitrogens is 2. The van der Waals surface area contributed by atoms with Crippen LogP contribution in [-0.2, 0) is 9.53 Å². The van der Waals surface area contributed by atoms with Gasteiger partial charge in [-0.15, -0.1) is 10.2 Å². The van der Waals surface area contributed by atoms with Gasteiger partial charge in [0, 0.05) is 5.75 Å². The molecule has 0 spiro atoms. The molecule has 0 radical (unpaired) electrons. The van der Waals surface area contributed by atoms with Crippen LogP contribution in [0.1, 0.15) is 45.0 Å². The maximum absolute atomic E-state index is 12.1. The van der Waals surface area contributed by atoms with Crippen LogP contribution in [0.2, 0.25) is 0 Å². The minimum atomic E-state index is -0.594. The van der Waals surface area contributed by atoms with Gasteiger partial charge in [-0.3, -0.25) is 4.79 Å². The van der Waals surface area contributed by atoms with E-state index in [1.165, 1.54) is 0 Å².